The van der Waals surface area contributed by atoms with E-state index in [4.69, 9.17) is 15.7 Å². The Hall–Kier alpha value is -0.810. The molecule has 0 saturated carbocycles. The predicted octanol–water partition coefficient (Wildman–Crippen LogP) is 1.16. The summed E-state index contributed by atoms with van der Waals surface area (Å²) < 4.78 is 5.00. The Labute approximate surface area is 98.0 Å². The van der Waals surface area contributed by atoms with Crippen molar-refractivity contribution in [2.24, 2.45) is 16.3 Å². The maximum atomic E-state index is 8.62. The number of hydrogen-bond acceptors (Lipinski definition) is 4. The minimum Gasteiger partial charge on any atom is -0.409 e. The van der Waals surface area contributed by atoms with Crippen LogP contribution in [0.4, 0.5) is 0 Å². The number of rotatable bonds is 8. The van der Waals surface area contributed by atoms with E-state index in [1.54, 1.807) is 7.11 Å². The number of nitrogens with zero attached hydrogens (tertiary/aromatic N) is 1. The van der Waals surface area contributed by atoms with Gasteiger partial charge < -0.3 is 21.0 Å². The van der Waals surface area contributed by atoms with Gasteiger partial charge in [-0.25, -0.2) is 0 Å². The van der Waals surface area contributed by atoms with Gasteiger partial charge in [0.05, 0.1) is 0 Å². The van der Waals surface area contributed by atoms with Gasteiger partial charge >= 0.3 is 0 Å². The summed E-state index contributed by atoms with van der Waals surface area (Å²) >= 11 is 0. The predicted molar refractivity (Wildman–Crippen MR) is 65.8 cm³/mol. The maximum Gasteiger partial charge on any atom is 0.144 e. The highest BCUT2D eigenvalue weighted by Crippen LogP contribution is 2.19. The molecule has 1 atom stereocenters. The summed E-state index contributed by atoms with van der Waals surface area (Å²) in [6, 6.07) is 0.419. The van der Waals surface area contributed by atoms with Crippen molar-refractivity contribution in [2.45, 2.75) is 39.7 Å². The zero-order valence-corrected chi connectivity index (χ0v) is 10.8. The van der Waals surface area contributed by atoms with Gasteiger partial charge in [0.1, 0.15) is 5.84 Å². The molecule has 0 amide bonds. The molecule has 0 aliphatic rings. The molecule has 0 heterocycles. The van der Waals surface area contributed by atoms with Gasteiger partial charge in [-0.3, -0.25) is 0 Å². The molecule has 96 valence electrons. The van der Waals surface area contributed by atoms with Crippen LogP contribution in [0.5, 0.6) is 0 Å². The Balaban J connectivity index is 3.80. The molecule has 0 aliphatic heterocycles. The fourth-order valence-electron chi connectivity index (χ4n) is 1.29. The van der Waals surface area contributed by atoms with E-state index in [1.807, 2.05) is 13.8 Å². The van der Waals surface area contributed by atoms with Gasteiger partial charge in [-0.15, -0.1) is 0 Å². The van der Waals surface area contributed by atoms with Crippen molar-refractivity contribution in [3.8, 4) is 0 Å². The summed E-state index contributed by atoms with van der Waals surface area (Å²) in [5, 5.41) is 15.1. The number of nitrogens with one attached hydrogen (secondary N) is 1. The summed E-state index contributed by atoms with van der Waals surface area (Å²) in [7, 11) is 1.70. The SMILES string of the molecule is COCCC(C)NCCC(C)(C)C(N)=NO. The summed E-state index contributed by atoms with van der Waals surface area (Å²) in [5.74, 6) is 0.277. The topological polar surface area (TPSA) is 79.9 Å². The molecule has 0 bridgehead atoms. The Morgan fingerprint density at radius 3 is 2.69 bits per heavy atom. The Morgan fingerprint density at radius 2 is 2.19 bits per heavy atom. The minimum absolute atomic E-state index is 0.275. The zero-order chi connectivity index (χ0) is 12.6. The summed E-state index contributed by atoms with van der Waals surface area (Å²) in [6.45, 7) is 7.65. The van der Waals surface area contributed by atoms with Crippen molar-refractivity contribution < 1.29 is 9.94 Å². The van der Waals surface area contributed by atoms with Gasteiger partial charge in [-0.1, -0.05) is 19.0 Å². The number of amidine groups is 1. The van der Waals surface area contributed by atoms with E-state index >= 15 is 0 Å². The van der Waals surface area contributed by atoms with E-state index < -0.39 is 0 Å². The molecular formula is C11H25N3O2. The first-order valence-electron chi connectivity index (χ1n) is 5.64. The van der Waals surface area contributed by atoms with Crippen molar-refractivity contribution in [1.29, 1.82) is 0 Å². The molecule has 1 unspecified atom stereocenters. The largest absolute Gasteiger partial charge is 0.409 e. The lowest BCUT2D eigenvalue weighted by Gasteiger charge is -2.24. The van der Waals surface area contributed by atoms with Crippen molar-refractivity contribution in [1.82, 2.24) is 5.32 Å². The van der Waals surface area contributed by atoms with Crippen LogP contribution in [-0.4, -0.2) is 37.3 Å². The molecule has 0 aromatic heterocycles. The lowest BCUT2D eigenvalue weighted by atomic mass is 9.88. The molecular weight excluding hydrogens is 206 g/mol. The van der Waals surface area contributed by atoms with Crippen LogP contribution >= 0.6 is 0 Å². The average Bonchev–Trinajstić information content (AvgIpc) is 2.24. The van der Waals surface area contributed by atoms with E-state index in [-0.39, 0.29) is 11.3 Å². The Morgan fingerprint density at radius 1 is 1.56 bits per heavy atom. The summed E-state index contributed by atoms with van der Waals surface area (Å²) in [5.41, 5.74) is 5.32. The van der Waals surface area contributed by atoms with Crippen molar-refractivity contribution in [3.63, 3.8) is 0 Å². The maximum absolute atomic E-state index is 8.62. The van der Waals surface area contributed by atoms with Crippen LogP contribution in [0.2, 0.25) is 0 Å². The highest BCUT2D eigenvalue weighted by atomic mass is 16.5. The van der Waals surface area contributed by atoms with Gasteiger partial charge in [0, 0.05) is 25.2 Å². The van der Waals surface area contributed by atoms with Crippen LogP contribution in [0.3, 0.4) is 0 Å². The molecule has 4 N–H and O–H groups in total. The van der Waals surface area contributed by atoms with E-state index in [1.165, 1.54) is 0 Å². The molecule has 0 saturated heterocycles. The van der Waals surface area contributed by atoms with E-state index in [9.17, 15) is 0 Å². The van der Waals surface area contributed by atoms with Gasteiger partial charge in [0.25, 0.3) is 0 Å². The third-order valence-corrected chi connectivity index (χ3v) is 2.80. The standard InChI is InChI=1S/C11H25N3O2/c1-9(5-8-16-4)13-7-6-11(2,3)10(12)14-15/h9,13,15H,5-8H2,1-4H3,(H2,12,14). The molecule has 5 nitrogen and oxygen atoms in total. The first-order valence-corrected chi connectivity index (χ1v) is 5.64. The quantitative estimate of drug-likeness (QED) is 0.253. The lowest BCUT2D eigenvalue weighted by Crippen LogP contribution is -2.37. The van der Waals surface area contributed by atoms with Gasteiger partial charge in [0.15, 0.2) is 0 Å². The smallest absolute Gasteiger partial charge is 0.144 e. The zero-order valence-electron chi connectivity index (χ0n) is 10.8. The second-order valence-electron chi connectivity index (χ2n) is 4.76. The molecule has 0 spiro atoms. The highest BCUT2D eigenvalue weighted by Gasteiger charge is 2.23. The van der Waals surface area contributed by atoms with Crippen molar-refractivity contribution in [2.75, 3.05) is 20.3 Å². The first-order chi connectivity index (χ1) is 7.44. The molecule has 0 aliphatic carbocycles. The van der Waals surface area contributed by atoms with E-state index in [2.05, 4.69) is 17.4 Å². The fraction of sp³-hybridized carbons (Fsp3) is 0.909. The minimum atomic E-state index is -0.275. The van der Waals surface area contributed by atoms with Gasteiger partial charge in [0.2, 0.25) is 0 Å². The van der Waals surface area contributed by atoms with E-state index in [0.717, 1.165) is 26.0 Å². The molecule has 0 aromatic rings. The molecule has 0 fully saturated rings. The van der Waals surface area contributed by atoms with Crippen LogP contribution in [0.15, 0.2) is 5.16 Å². The van der Waals surface area contributed by atoms with Gasteiger partial charge in [-0.2, -0.15) is 0 Å². The van der Waals surface area contributed by atoms with Crippen molar-refractivity contribution in [3.05, 3.63) is 0 Å². The van der Waals surface area contributed by atoms with Crippen molar-refractivity contribution >= 4 is 5.84 Å². The summed E-state index contributed by atoms with van der Waals surface area (Å²) in [4.78, 5) is 0. The van der Waals surface area contributed by atoms with Crippen LogP contribution < -0.4 is 11.1 Å². The van der Waals surface area contributed by atoms with Crippen LogP contribution in [0, 0.1) is 5.41 Å². The molecule has 0 radical (unpaired) electrons. The monoisotopic (exact) mass is 231 g/mol. The molecule has 5 heteroatoms. The Kier molecular flexibility index (Phi) is 7.08. The van der Waals surface area contributed by atoms with E-state index in [0.29, 0.717) is 6.04 Å². The third-order valence-electron chi connectivity index (χ3n) is 2.80. The van der Waals surface area contributed by atoms with Crippen LogP contribution in [0.1, 0.15) is 33.6 Å². The fourth-order valence-corrected chi connectivity index (χ4v) is 1.29. The van der Waals surface area contributed by atoms with Gasteiger partial charge in [-0.05, 0) is 26.3 Å². The number of methoxy groups -OCH3 is 1. The second-order valence-corrected chi connectivity index (χ2v) is 4.76. The molecule has 16 heavy (non-hydrogen) atoms. The first kappa shape index (κ1) is 15.2. The molecule has 0 aromatic carbocycles. The average molecular weight is 231 g/mol. The lowest BCUT2D eigenvalue weighted by molar-refractivity contribution is 0.184. The van der Waals surface area contributed by atoms with Crippen LogP contribution in [-0.2, 0) is 4.74 Å². The number of hydrogen-bond donors (Lipinski definition) is 3. The van der Waals surface area contributed by atoms with Crippen LogP contribution in [0.25, 0.3) is 0 Å². The summed E-state index contributed by atoms with van der Waals surface area (Å²) in [6.07, 6.45) is 1.82. The number of nitrogens with two attached hydrogens (primary N) is 1. The normalized spacial score (nSPS) is 15.1. The number of oxime groups is 1. The highest BCUT2D eigenvalue weighted by molar-refractivity contribution is 5.85. The Bertz CT molecular complexity index is 217. The molecule has 0 rings (SSSR count). The third kappa shape index (κ3) is 5.92. The number of ether oxygens (including phenoxy) is 1. The second kappa shape index (κ2) is 7.46.